The van der Waals surface area contributed by atoms with E-state index in [4.69, 9.17) is 0 Å². The first-order valence-corrected chi connectivity index (χ1v) is 7.58. The van der Waals surface area contributed by atoms with Crippen molar-refractivity contribution in [2.45, 2.75) is 5.03 Å². The van der Waals surface area contributed by atoms with Crippen molar-refractivity contribution < 1.29 is 8.42 Å². The van der Waals surface area contributed by atoms with Gasteiger partial charge in [0.25, 0.3) is 0 Å². The van der Waals surface area contributed by atoms with E-state index in [1.807, 2.05) is 14.1 Å². The first-order chi connectivity index (χ1) is 9.96. The van der Waals surface area contributed by atoms with Crippen LogP contribution >= 0.6 is 0 Å². The highest BCUT2D eigenvalue weighted by Crippen LogP contribution is 2.19. The molecule has 2 rings (SSSR count). The van der Waals surface area contributed by atoms with E-state index in [0.29, 0.717) is 5.69 Å². The third kappa shape index (κ3) is 2.95. The van der Waals surface area contributed by atoms with Gasteiger partial charge >= 0.3 is 0 Å². The molecular formula is C14H14N4O2S. The molecule has 0 amide bonds. The third-order valence-corrected chi connectivity index (χ3v) is 4.36. The molecule has 6 nitrogen and oxygen atoms in total. The van der Waals surface area contributed by atoms with Gasteiger partial charge in [0, 0.05) is 26.5 Å². The van der Waals surface area contributed by atoms with Crippen LogP contribution in [0.2, 0.25) is 0 Å². The molecule has 0 bridgehead atoms. The van der Waals surface area contributed by atoms with Crippen LogP contribution in [0.25, 0.3) is 6.08 Å². The minimum absolute atomic E-state index is 0.138. The van der Waals surface area contributed by atoms with Crippen LogP contribution in [0.15, 0.2) is 52.7 Å². The second-order valence-corrected chi connectivity index (χ2v) is 6.28. The Hall–Kier alpha value is -2.59. The molecule has 0 aliphatic carbocycles. The van der Waals surface area contributed by atoms with Gasteiger partial charge < -0.3 is 5.01 Å². The molecule has 2 aromatic rings. The normalized spacial score (nSPS) is 12.0. The van der Waals surface area contributed by atoms with E-state index < -0.39 is 9.84 Å². The summed E-state index contributed by atoms with van der Waals surface area (Å²) >= 11 is 0. The van der Waals surface area contributed by atoms with Gasteiger partial charge in [-0.1, -0.05) is 6.07 Å². The van der Waals surface area contributed by atoms with Crippen LogP contribution in [-0.4, -0.2) is 32.2 Å². The Morgan fingerprint density at radius 1 is 1.33 bits per heavy atom. The zero-order valence-corrected chi connectivity index (χ0v) is 12.4. The van der Waals surface area contributed by atoms with E-state index >= 15 is 0 Å². The summed E-state index contributed by atoms with van der Waals surface area (Å²) < 4.78 is 26.5. The van der Waals surface area contributed by atoms with Crippen LogP contribution in [0.3, 0.4) is 0 Å². The molecule has 0 unspecified atom stereocenters. The number of hydrogen-bond acceptors (Lipinski definition) is 5. The number of nitriles is 1. The van der Waals surface area contributed by atoms with Gasteiger partial charge in [0.05, 0.1) is 5.69 Å². The summed E-state index contributed by atoms with van der Waals surface area (Å²) in [5, 5.41) is 10.8. The zero-order chi connectivity index (χ0) is 15.5. The Kier molecular flexibility index (Phi) is 4.10. The third-order valence-electron chi connectivity index (χ3n) is 2.78. The van der Waals surface area contributed by atoms with Crippen molar-refractivity contribution in [2.24, 2.45) is 0 Å². The highest BCUT2D eigenvalue weighted by Gasteiger charge is 2.22. The maximum atomic E-state index is 12.4. The number of allylic oxidation sites excluding steroid dienone is 1. The van der Waals surface area contributed by atoms with Crippen molar-refractivity contribution in [2.75, 3.05) is 19.1 Å². The van der Waals surface area contributed by atoms with E-state index in [0.717, 1.165) is 0 Å². The molecule has 0 radical (unpaired) electrons. The lowest BCUT2D eigenvalue weighted by atomic mass is 10.4. The molecular weight excluding hydrogens is 288 g/mol. The molecule has 7 heteroatoms. The lowest BCUT2D eigenvalue weighted by molar-refractivity contribution is 0.599. The lowest BCUT2D eigenvalue weighted by Crippen LogP contribution is -2.24. The van der Waals surface area contributed by atoms with Crippen LogP contribution in [-0.2, 0) is 9.84 Å². The molecule has 2 aromatic heterocycles. The van der Waals surface area contributed by atoms with Crippen molar-refractivity contribution in [1.29, 1.82) is 5.26 Å². The van der Waals surface area contributed by atoms with Crippen molar-refractivity contribution in [3.05, 3.63) is 53.3 Å². The van der Waals surface area contributed by atoms with Gasteiger partial charge in [-0.25, -0.2) is 13.4 Å². The van der Waals surface area contributed by atoms with E-state index in [1.165, 1.54) is 18.3 Å². The van der Waals surface area contributed by atoms with Crippen LogP contribution in [0.5, 0.6) is 0 Å². The van der Waals surface area contributed by atoms with E-state index in [9.17, 15) is 13.7 Å². The summed E-state index contributed by atoms with van der Waals surface area (Å²) in [5.74, 6) is 0. The molecule has 0 atom stereocenters. The molecule has 21 heavy (non-hydrogen) atoms. The molecule has 0 saturated carbocycles. The van der Waals surface area contributed by atoms with Crippen molar-refractivity contribution in [3.8, 4) is 6.07 Å². The smallest absolute Gasteiger partial charge is 0.233 e. The van der Waals surface area contributed by atoms with Gasteiger partial charge in [0.15, 0.2) is 9.93 Å². The van der Waals surface area contributed by atoms with Gasteiger partial charge in [-0.2, -0.15) is 5.26 Å². The predicted molar refractivity (Wildman–Crippen MR) is 79.5 cm³/mol. The molecule has 0 aromatic carbocycles. The fourth-order valence-corrected chi connectivity index (χ4v) is 2.87. The summed E-state index contributed by atoms with van der Waals surface area (Å²) in [6.45, 7) is 0. The summed E-state index contributed by atoms with van der Waals surface area (Å²) in [5.41, 5.74) is 0.594. The molecule has 0 fully saturated rings. The number of sulfone groups is 1. The summed E-state index contributed by atoms with van der Waals surface area (Å²) in [6.07, 6.45) is 4.49. The van der Waals surface area contributed by atoms with E-state index in [2.05, 4.69) is 4.98 Å². The minimum Gasteiger partial charge on any atom is -0.319 e. The summed E-state index contributed by atoms with van der Waals surface area (Å²) in [6, 6.07) is 9.80. The maximum Gasteiger partial charge on any atom is 0.233 e. The van der Waals surface area contributed by atoms with Crippen molar-refractivity contribution in [3.63, 3.8) is 0 Å². The number of rotatable bonds is 4. The van der Waals surface area contributed by atoms with Gasteiger partial charge in [-0.15, -0.1) is 0 Å². The molecule has 0 saturated heterocycles. The van der Waals surface area contributed by atoms with Crippen LogP contribution < -0.4 is 5.01 Å². The number of nitrogens with zero attached hydrogens (tertiary/aromatic N) is 4. The van der Waals surface area contributed by atoms with Crippen molar-refractivity contribution in [1.82, 2.24) is 9.66 Å². The Labute approximate surface area is 123 Å². The van der Waals surface area contributed by atoms with Crippen LogP contribution in [0, 0.1) is 11.3 Å². The molecule has 0 aliphatic rings. The second-order valence-electron chi connectivity index (χ2n) is 4.42. The topological polar surface area (TPSA) is 79.0 Å². The molecule has 0 N–H and O–H groups in total. The largest absolute Gasteiger partial charge is 0.319 e. The van der Waals surface area contributed by atoms with Gasteiger partial charge in [-0.05, 0) is 30.3 Å². The monoisotopic (exact) mass is 302 g/mol. The zero-order valence-electron chi connectivity index (χ0n) is 11.6. The maximum absolute atomic E-state index is 12.4. The quantitative estimate of drug-likeness (QED) is 0.798. The van der Waals surface area contributed by atoms with E-state index in [1.54, 1.807) is 46.2 Å². The number of aromatic nitrogens is 2. The minimum atomic E-state index is -3.91. The fourth-order valence-electron chi connectivity index (χ4n) is 1.79. The standard InChI is InChI=1S/C14H14N4O2S/c1-17(2)18-9-5-6-12(18)10-13(11-15)21(19,20)14-7-3-4-8-16-14/h3-10H,1-2H3. The first kappa shape index (κ1) is 14.8. The molecule has 0 aliphatic heterocycles. The number of hydrogen-bond donors (Lipinski definition) is 0. The molecule has 2 heterocycles. The van der Waals surface area contributed by atoms with Crippen molar-refractivity contribution >= 4 is 15.9 Å². The average Bonchev–Trinajstić information content (AvgIpc) is 2.94. The molecule has 108 valence electrons. The highest BCUT2D eigenvalue weighted by molar-refractivity contribution is 7.95. The fraction of sp³-hybridized carbons (Fsp3) is 0.143. The van der Waals surface area contributed by atoms with Gasteiger partial charge in [0.2, 0.25) is 9.84 Å². The Morgan fingerprint density at radius 3 is 2.67 bits per heavy atom. The predicted octanol–water partition coefficient (Wildman–Crippen LogP) is 1.42. The van der Waals surface area contributed by atoms with Crippen LogP contribution in [0.1, 0.15) is 5.69 Å². The molecule has 0 spiro atoms. The average molecular weight is 302 g/mol. The Morgan fingerprint density at radius 2 is 2.10 bits per heavy atom. The highest BCUT2D eigenvalue weighted by atomic mass is 32.2. The van der Waals surface area contributed by atoms with Gasteiger partial charge in [-0.3, -0.25) is 4.68 Å². The summed E-state index contributed by atoms with van der Waals surface area (Å²) in [7, 11) is -0.280. The second kappa shape index (κ2) is 5.81. The lowest BCUT2D eigenvalue weighted by Gasteiger charge is -2.16. The summed E-state index contributed by atoms with van der Waals surface area (Å²) in [4.78, 5) is 3.46. The van der Waals surface area contributed by atoms with E-state index in [-0.39, 0.29) is 9.93 Å². The number of pyridine rings is 1. The van der Waals surface area contributed by atoms with Crippen LogP contribution in [0.4, 0.5) is 0 Å². The first-order valence-electron chi connectivity index (χ1n) is 6.09. The Bertz CT molecular complexity index is 799. The SMILES string of the molecule is CN(C)n1cccc1C=C(C#N)S(=O)(=O)c1ccccn1. The van der Waals surface area contributed by atoms with Gasteiger partial charge in [0.1, 0.15) is 6.07 Å². The Balaban J connectivity index is 2.52.